The predicted molar refractivity (Wildman–Crippen MR) is 63.9 cm³/mol. The molecule has 4 nitrogen and oxygen atoms in total. The maximum atomic E-state index is 11.8. The predicted octanol–water partition coefficient (Wildman–Crippen LogP) is 0.925. The molecule has 1 fully saturated rings. The Bertz CT molecular complexity index is 245. The van der Waals surface area contributed by atoms with Crippen molar-refractivity contribution in [1.29, 1.82) is 0 Å². The van der Waals surface area contributed by atoms with Gasteiger partial charge in [-0.15, -0.1) is 0 Å². The highest BCUT2D eigenvalue weighted by Gasteiger charge is 2.34. The molecule has 4 N–H and O–H groups in total. The summed E-state index contributed by atoms with van der Waals surface area (Å²) >= 11 is 0. The van der Waals surface area contributed by atoms with Crippen molar-refractivity contribution < 1.29 is 9.90 Å². The van der Waals surface area contributed by atoms with E-state index in [1.807, 2.05) is 6.92 Å². The summed E-state index contributed by atoms with van der Waals surface area (Å²) in [5.74, 6) is -0.158. The zero-order chi connectivity index (χ0) is 12.2. The van der Waals surface area contributed by atoms with Gasteiger partial charge in [-0.2, -0.15) is 0 Å². The van der Waals surface area contributed by atoms with Crippen molar-refractivity contribution in [3.8, 4) is 0 Å². The number of carbonyl (C=O) groups is 1. The molecule has 0 aromatic rings. The molecule has 4 heteroatoms. The van der Waals surface area contributed by atoms with Gasteiger partial charge < -0.3 is 16.2 Å². The van der Waals surface area contributed by atoms with Crippen LogP contribution in [0, 0.1) is 0 Å². The lowest BCUT2D eigenvalue weighted by molar-refractivity contribution is -0.127. The largest absolute Gasteiger partial charge is 0.388 e. The fraction of sp³-hybridized carbons (Fsp3) is 0.917. The van der Waals surface area contributed by atoms with Crippen LogP contribution in [0.4, 0.5) is 0 Å². The van der Waals surface area contributed by atoms with Gasteiger partial charge in [-0.25, -0.2) is 0 Å². The van der Waals surface area contributed by atoms with Gasteiger partial charge in [0.05, 0.1) is 11.1 Å². The van der Waals surface area contributed by atoms with Crippen LogP contribution in [0.3, 0.4) is 0 Å². The van der Waals surface area contributed by atoms with Gasteiger partial charge in [-0.1, -0.05) is 26.2 Å². The lowest BCUT2D eigenvalue weighted by Gasteiger charge is -2.27. The van der Waals surface area contributed by atoms with E-state index in [1.54, 1.807) is 6.92 Å². The fourth-order valence-electron chi connectivity index (χ4n) is 2.29. The molecule has 0 spiro atoms. The van der Waals surface area contributed by atoms with Gasteiger partial charge in [0.2, 0.25) is 5.91 Å². The van der Waals surface area contributed by atoms with E-state index in [9.17, 15) is 9.90 Å². The summed E-state index contributed by atoms with van der Waals surface area (Å²) in [5, 5.41) is 12.9. The number of amides is 1. The fourth-order valence-corrected chi connectivity index (χ4v) is 2.29. The lowest BCUT2D eigenvalue weighted by Crippen LogP contribution is -2.54. The van der Waals surface area contributed by atoms with Crippen LogP contribution in [0.15, 0.2) is 0 Å². The van der Waals surface area contributed by atoms with Gasteiger partial charge in [0.25, 0.3) is 0 Å². The molecule has 1 aliphatic rings. The molecule has 0 radical (unpaired) electrons. The van der Waals surface area contributed by atoms with E-state index in [4.69, 9.17) is 5.73 Å². The molecule has 94 valence electrons. The zero-order valence-electron chi connectivity index (χ0n) is 10.4. The first kappa shape index (κ1) is 13.5. The van der Waals surface area contributed by atoms with Crippen molar-refractivity contribution in [3.63, 3.8) is 0 Å². The molecule has 0 saturated heterocycles. The third-order valence-corrected chi connectivity index (χ3v) is 3.40. The highest BCUT2D eigenvalue weighted by molar-refractivity contribution is 5.85. The summed E-state index contributed by atoms with van der Waals surface area (Å²) < 4.78 is 0. The van der Waals surface area contributed by atoms with Crippen molar-refractivity contribution in [2.24, 2.45) is 5.73 Å². The third-order valence-electron chi connectivity index (χ3n) is 3.40. The first-order chi connectivity index (χ1) is 7.40. The van der Waals surface area contributed by atoms with E-state index in [2.05, 4.69) is 5.32 Å². The molecule has 0 aromatic heterocycles. The van der Waals surface area contributed by atoms with Gasteiger partial charge >= 0.3 is 0 Å². The Morgan fingerprint density at radius 3 is 2.56 bits per heavy atom. The van der Waals surface area contributed by atoms with Crippen LogP contribution in [0.1, 0.15) is 52.4 Å². The first-order valence-electron chi connectivity index (χ1n) is 6.19. The Hall–Kier alpha value is -0.610. The maximum absolute atomic E-state index is 11.8. The SMILES string of the molecule is CCCC(C)(N)C(=O)NCC1(O)CCCC1. The monoisotopic (exact) mass is 228 g/mol. The van der Waals surface area contributed by atoms with Crippen LogP contribution in [0.5, 0.6) is 0 Å². The molecule has 1 aliphatic carbocycles. The average molecular weight is 228 g/mol. The number of rotatable bonds is 5. The molecule has 0 heterocycles. The quantitative estimate of drug-likeness (QED) is 0.655. The second-order valence-electron chi connectivity index (χ2n) is 5.28. The molecular weight excluding hydrogens is 204 g/mol. The number of aliphatic hydroxyl groups is 1. The summed E-state index contributed by atoms with van der Waals surface area (Å²) in [6, 6.07) is 0. The van der Waals surface area contributed by atoms with Crippen LogP contribution in [0.25, 0.3) is 0 Å². The molecule has 1 rings (SSSR count). The van der Waals surface area contributed by atoms with Crippen LogP contribution in [0.2, 0.25) is 0 Å². The average Bonchev–Trinajstić information content (AvgIpc) is 2.62. The Labute approximate surface area is 97.6 Å². The number of hydrogen-bond acceptors (Lipinski definition) is 3. The Kier molecular flexibility index (Phi) is 4.33. The molecule has 0 aromatic carbocycles. The Balaban J connectivity index is 2.40. The zero-order valence-corrected chi connectivity index (χ0v) is 10.4. The Morgan fingerprint density at radius 1 is 1.50 bits per heavy atom. The van der Waals surface area contributed by atoms with Crippen molar-refractivity contribution in [3.05, 3.63) is 0 Å². The first-order valence-corrected chi connectivity index (χ1v) is 6.19. The minimum atomic E-state index is -0.816. The minimum Gasteiger partial charge on any atom is -0.388 e. The van der Waals surface area contributed by atoms with Gasteiger partial charge in [0.1, 0.15) is 0 Å². The van der Waals surface area contributed by atoms with Gasteiger partial charge in [0.15, 0.2) is 0 Å². The highest BCUT2D eigenvalue weighted by atomic mass is 16.3. The summed E-state index contributed by atoms with van der Waals surface area (Å²) in [7, 11) is 0. The molecule has 1 unspecified atom stereocenters. The molecule has 1 amide bonds. The highest BCUT2D eigenvalue weighted by Crippen LogP contribution is 2.28. The van der Waals surface area contributed by atoms with Crippen molar-refractivity contribution in [2.75, 3.05) is 6.54 Å². The molecule has 16 heavy (non-hydrogen) atoms. The van der Waals surface area contributed by atoms with E-state index in [0.29, 0.717) is 13.0 Å². The smallest absolute Gasteiger partial charge is 0.239 e. The van der Waals surface area contributed by atoms with Crippen LogP contribution in [-0.2, 0) is 4.79 Å². The van der Waals surface area contributed by atoms with E-state index in [-0.39, 0.29) is 5.91 Å². The summed E-state index contributed by atoms with van der Waals surface area (Å²) in [5.41, 5.74) is 4.39. The van der Waals surface area contributed by atoms with Crippen LogP contribution >= 0.6 is 0 Å². The van der Waals surface area contributed by atoms with Crippen molar-refractivity contribution in [2.45, 2.75) is 63.5 Å². The van der Waals surface area contributed by atoms with Crippen molar-refractivity contribution in [1.82, 2.24) is 5.32 Å². The molecule has 0 bridgehead atoms. The standard InChI is InChI=1S/C12H24N2O2/c1-3-6-11(2,13)10(15)14-9-12(16)7-4-5-8-12/h16H,3-9,13H2,1-2H3,(H,14,15). The minimum absolute atomic E-state index is 0.158. The number of nitrogens with one attached hydrogen (secondary N) is 1. The molecular formula is C12H24N2O2. The molecule has 1 saturated carbocycles. The third kappa shape index (κ3) is 3.46. The van der Waals surface area contributed by atoms with E-state index in [1.165, 1.54) is 0 Å². The summed E-state index contributed by atoms with van der Waals surface area (Å²) in [4.78, 5) is 11.8. The van der Waals surface area contributed by atoms with Crippen LogP contribution in [-0.4, -0.2) is 28.7 Å². The molecule has 1 atom stereocenters. The topological polar surface area (TPSA) is 75.4 Å². The van der Waals surface area contributed by atoms with Gasteiger partial charge in [-0.05, 0) is 26.2 Å². The number of nitrogens with two attached hydrogens (primary N) is 1. The summed E-state index contributed by atoms with van der Waals surface area (Å²) in [6.07, 6.45) is 5.19. The van der Waals surface area contributed by atoms with Crippen molar-refractivity contribution >= 4 is 5.91 Å². The van der Waals surface area contributed by atoms with Gasteiger partial charge in [-0.3, -0.25) is 4.79 Å². The maximum Gasteiger partial charge on any atom is 0.239 e. The summed E-state index contributed by atoms with van der Waals surface area (Å²) in [6.45, 7) is 4.08. The number of carbonyl (C=O) groups excluding carboxylic acids is 1. The lowest BCUT2D eigenvalue weighted by atomic mass is 9.95. The van der Waals surface area contributed by atoms with E-state index < -0.39 is 11.1 Å². The van der Waals surface area contributed by atoms with E-state index in [0.717, 1.165) is 32.1 Å². The second-order valence-corrected chi connectivity index (χ2v) is 5.28. The number of hydrogen-bond donors (Lipinski definition) is 3. The Morgan fingerprint density at radius 2 is 2.06 bits per heavy atom. The van der Waals surface area contributed by atoms with E-state index >= 15 is 0 Å². The molecule has 0 aliphatic heterocycles. The van der Waals surface area contributed by atoms with Gasteiger partial charge in [0, 0.05) is 6.54 Å². The van der Waals surface area contributed by atoms with Crippen LogP contribution < -0.4 is 11.1 Å². The normalized spacial score (nSPS) is 22.8. The second kappa shape index (κ2) is 5.15.